The van der Waals surface area contributed by atoms with E-state index in [4.69, 9.17) is 0 Å². The number of nitrogens with zero attached hydrogens (tertiary/aromatic N) is 2. The lowest BCUT2D eigenvalue weighted by Gasteiger charge is -2.09. The number of para-hydroxylation sites is 1. The van der Waals surface area contributed by atoms with Crippen molar-refractivity contribution < 1.29 is 12.8 Å². The van der Waals surface area contributed by atoms with E-state index in [1.165, 1.54) is 18.2 Å². The van der Waals surface area contributed by atoms with Gasteiger partial charge in [0.2, 0.25) is 0 Å². The fourth-order valence-electron chi connectivity index (χ4n) is 2.46. The van der Waals surface area contributed by atoms with Crippen LogP contribution in [0.3, 0.4) is 0 Å². The number of hydrogen-bond donors (Lipinski definition) is 1. The van der Waals surface area contributed by atoms with E-state index < -0.39 is 20.7 Å². The van der Waals surface area contributed by atoms with Crippen LogP contribution in [0.1, 0.15) is 11.4 Å². The van der Waals surface area contributed by atoms with E-state index in [0.29, 0.717) is 17.1 Å². The van der Waals surface area contributed by atoms with E-state index in [0.717, 1.165) is 11.8 Å². The molecule has 0 amide bonds. The van der Waals surface area contributed by atoms with Crippen molar-refractivity contribution in [2.24, 2.45) is 0 Å². The molecule has 1 N–H and O–H groups in total. The highest BCUT2D eigenvalue weighted by molar-refractivity contribution is 7.92. The summed E-state index contributed by atoms with van der Waals surface area (Å²) >= 11 is 0. The van der Waals surface area contributed by atoms with E-state index in [-0.39, 0.29) is 0 Å². The summed E-state index contributed by atoms with van der Waals surface area (Å²) in [4.78, 5) is -0.392. The van der Waals surface area contributed by atoms with Crippen LogP contribution in [0.2, 0.25) is 0 Å². The normalized spacial score (nSPS) is 11.5. The molecule has 0 radical (unpaired) electrons. The van der Waals surface area contributed by atoms with Crippen LogP contribution in [0, 0.1) is 19.7 Å². The molecule has 24 heavy (non-hydrogen) atoms. The number of aryl methyl sites for hydroxylation is 1. The molecule has 1 heterocycles. The van der Waals surface area contributed by atoms with E-state index in [1.54, 1.807) is 18.5 Å². The number of nitrogens with one attached hydrogen (secondary N) is 1. The predicted molar refractivity (Wildman–Crippen MR) is 90.2 cm³/mol. The third-order valence-corrected chi connectivity index (χ3v) is 5.04. The molecule has 0 saturated heterocycles. The highest BCUT2D eigenvalue weighted by Crippen LogP contribution is 2.26. The van der Waals surface area contributed by atoms with Gasteiger partial charge in [-0.05, 0) is 38.1 Å². The summed E-state index contributed by atoms with van der Waals surface area (Å²) in [6.45, 7) is 3.46. The van der Waals surface area contributed by atoms with Crippen LogP contribution in [0.25, 0.3) is 5.69 Å². The maximum absolute atomic E-state index is 13.8. The van der Waals surface area contributed by atoms with E-state index in [2.05, 4.69) is 9.82 Å². The fourth-order valence-corrected chi connectivity index (χ4v) is 3.72. The van der Waals surface area contributed by atoms with Gasteiger partial charge in [0, 0.05) is 0 Å². The first-order chi connectivity index (χ1) is 11.4. The van der Waals surface area contributed by atoms with Gasteiger partial charge < -0.3 is 0 Å². The Balaban J connectivity index is 2.03. The highest BCUT2D eigenvalue weighted by atomic mass is 32.2. The Hall–Kier alpha value is -2.67. The van der Waals surface area contributed by atoms with E-state index in [1.807, 2.05) is 30.3 Å². The van der Waals surface area contributed by atoms with Crippen molar-refractivity contribution in [2.45, 2.75) is 18.7 Å². The molecule has 3 aromatic rings. The first-order valence-electron chi connectivity index (χ1n) is 7.29. The minimum absolute atomic E-state index is 0.349. The molecule has 124 valence electrons. The second-order valence-electron chi connectivity index (χ2n) is 5.33. The SMILES string of the molecule is Cc1nn(-c2ccccc2)c(C)c1NS(=O)(=O)c1ccccc1F. The Morgan fingerprint density at radius 1 is 1.00 bits per heavy atom. The summed E-state index contributed by atoms with van der Waals surface area (Å²) in [6.07, 6.45) is 0. The minimum Gasteiger partial charge on any atom is -0.276 e. The Bertz CT molecular complexity index is 982. The topological polar surface area (TPSA) is 64.0 Å². The number of sulfonamides is 1. The Morgan fingerprint density at radius 3 is 2.29 bits per heavy atom. The minimum atomic E-state index is -4.04. The summed E-state index contributed by atoms with van der Waals surface area (Å²) in [6, 6.07) is 14.6. The van der Waals surface area contributed by atoms with Crippen molar-refractivity contribution in [3.63, 3.8) is 0 Å². The van der Waals surface area contributed by atoms with Crippen molar-refractivity contribution >= 4 is 15.7 Å². The molecule has 3 rings (SSSR count). The molecule has 0 atom stereocenters. The van der Waals surface area contributed by atoms with E-state index in [9.17, 15) is 12.8 Å². The van der Waals surface area contributed by atoms with Gasteiger partial charge in [-0.1, -0.05) is 30.3 Å². The molecular weight excluding hydrogens is 329 g/mol. The van der Waals surface area contributed by atoms with Gasteiger partial charge in [-0.3, -0.25) is 4.72 Å². The van der Waals surface area contributed by atoms with Crippen LogP contribution >= 0.6 is 0 Å². The zero-order chi connectivity index (χ0) is 17.3. The zero-order valence-electron chi connectivity index (χ0n) is 13.2. The standard InChI is InChI=1S/C17H16FN3O2S/c1-12-17(13(2)21(19-12)14-8-4-3-5-9-14)20-24(22,23)16-11-7-6-10-15(16)18/h3-11,20H,1-2H3. The molecule has 0 saturated carbocycles. The number of hydrogen-bond acceptors (Lipinski definition) is 3. The summed E-state index contributed by atoms with van der Waals surface area (Å²) < 4.78 is 42.9. The highest BCUT2D eigenvalue weighted by Gasteiger charge is 2.22. The molecule has 7 heteroatoms. The quantitative estimate of drug-likeness (QED) is 0.788. The molecule has 0 fully saturated rings. The monoisotopic (exact) mass is 345 g/mol. The van der Waals surface area contributed by atoms with Gasteiger partial charge in [0.1, 0.15) is 10.7 Å². The largest absolute Gasteiger partial charge is 0.276 e. The molecule has 1 aromatic heterocycles. The Labute approximate surface area is 139 Å². The van der Waals surface area contributed by atoms with Crippen LogP contribution in [0.15, 0.2) is 59.5 Å². The van der Waals surface area contributed by atoms with Crippen molar-refractivity contribution in [3.8, 4) is 5.69 Å². The molecule has 0 bridgehead atoms. The fraction of sp³-hybridized carbons (Fsp3) is 0.118. The van der Waals surface area contributed by atoms with Crippen LogP contribution in [0.4, 0.5) is 10.1 Å². The zero-order valence-corrected chi connectivity index (χ0v) is 14.0. The third kappa shape index (κ3) is 2.90. The molecule has 2 aromatic carbocycles. The van der Waals surface area contributed by atoms with Gasteiger partial charge in [-0.15, -0.1) is 0 Å². The van der Waals surface area contributed by atoms with Gasteiger partial charge in [0.15, 0.2) is 0 Å². The van der Waals surface area contributed by atoms with Crippen molar-refractivity contribution in [1.29, 1.82) is 0 Å². The van der Waals surface area contributed by atoms with Crippen molar-refractivity contribution in [3.05, 3.63) is 71.8 Å². The summed E-state index contributed by atoms with van der Waals surface area (Å²) in [5, 5.41) is 4.38. The van der Waals surface area contributed by atoms with Gasteiger partial charge in [0.25, 0.3) is 10.0 Å². The first kappa shape index (κ1) is 16.2. The second kappa shape index (κ2) is 6.09. The Morgan fingerprint density at radius 2 is 1.62 bits per heavy atom. The molecule has 0 aliphatic heterocycles. The number of benzene rings is 2. The van der Waals surface area contributed by atoms with Crippen molar-refractivity contribution in [2.75, 3.05) is 4.72 Å². The van der Waals surface area contributed by atoms with Gasteiger partial charge in [-0.25, -0.2) is 17.5 Å². The second-order valence-corrected chi connectivity index (χ2v) is 6.98. The van der Waals surface area contributed by atoms with Gasteiger partial charge >= 0.3 is 0 Å². The number of aromatic nitrogens is 2. The van der Waals surface area contributed by atoms with Crippen LogP contribution < -0.4 is 4.72 Å². The van der Waals surface area contributed by atoms with Crippen LogP contribution in [0.5, 0.6) is 0 Å². The van der Waals surface area contributed by atoms with E-state index >= 15 is 0 Å². The van der Waals surface area contributed by atoms with Gasteiger partial charge in [0.05, 0.1) is 22.8 Å². The number of halogens is 1. The average molecular weight is 345 g/mol. The summed E-state index contributed by atoms with van der Waals surface area (Å²) in [5.74, 6) is -0.796. The number of rotatable bonds is 4. The van der Waals surface area contributed by atoms with Crippen LogP contribution in [-0.4, -0.2) is 18.2 Å². The first-order valence-corrected chi connectivity index (χ1v) is 8.77. The molecule has 0 unspecified atom stereocenters. The van der Waals surface area contributed by atoms with Gasteiger partial charge in [-0.2, -0.15) is 5.10 Å². The predicted octanol–water partition coefficient (Wildman–Crippen LogP) is 3.43. The average Bonchev–Trinajstić information content (AvgIpc) is 2.84. The lowest BCUT2D eigenvalue weighted by atomic mass is 10.3. The third-order valence-electron chi connectivity index (χ3n) is 3.65. The Kier molecular flexibility index (Phi) is 4.11. The maximum atomic E-state index is 13.8. The summed E-state index contributed by atoms with van der Waals surface area (Å²) in [7, 11) is -4.04. The molecule has 0 aliphatic rings. The van der Waals surface area contributed by atoms with Crippen LogP contribution in [-0.2, 0) is 10.0 Å². The molecular formula is C17H16FN3O2S. The number of anilines is 1. The smallest absolute Gasteiger partial charge is 0.264 e. The maximum Gasteiger partial charge on any atom is 0.264 e. The lowest BCUT2D eigenvalue weighted by molar-refractivity contribution is 0.570. The molecule has 5 nitrogen and oxygen atoms in total. The molecule has 0 aliphatic carbocycles. The summed E-state index contributed by atoms with van der Waals surface area (Å²) in [5.41, 5.74) is 2.30. The van der Waals surface area contributed by atoms with Crippen molar-refractivity contribution in [1.82, 2.24) is 9.78 Å². The lowest BCUT2D eigenvalue weighted by Crippen LogP contribution is -2.15. The molecule has 0 spiro atoms.